The van der Waals surface area contributed by atoms with Crippen molar-refractivity contribution < 1.29 is 31.9 Å². The number of ether oxygens (including phenoxy) is 1. The lowest BCUT2D eigenvalue weighted by molar-refractivity contribution is -0.137. The second kappa shape index (κ2) is 11.6. The topological polar surface area (TPSA) is 106 Å². The molecule has 1 saturated heterocycles. The number of rotatable bonds is 9. The summed E-state index contributed by atoms with van der Waals surface area (Å²) < 4.78 is 59.5. The van der Waals surface area contributed by atoms with E-state index in [2.05, 4.69) is 25.6 Å². The molecule has 4 rings (SSSR count). The summed E-state index contributed by atoms with van der Waals surface area (Å²) in [6.07, 6.45) is 0.118. The third-order valence-corrected chi connectivity index (χ3v) is 6.68. The number of carbonyl (C=O) groups excluding carboxylic acids is 2. The highest BCUT2D eigenvalue weighted by Gasteiger charge is 2.44. The molecule has 1 aromatic carbocycles. The number of hydrogen-bond donors (Lipinski definition) is 2. The predicted octanol–water partition coefficient (Wildman–Crippen LogP) is 5.28. The average molecular weight is 566 g/mol. The van der Waals surface area contributed by atoms with Crippen LogP contribution in [-0.2, 0) is 28.7 Å². The van der Waals surface area contributed by atoms with Gasteiger partial charge in [0.1, 0.15) is 11.6 Å². The van der Waals surface area contributed by atoms with Crippen LogP contribution in [0.15, 0.2) is 42.9 Å². The Morgan fingerprint density at radius 2 is 1.90 bits per heavy atom. The number of ketones is 1. The summed E-state index contributed by atoms with van der Waals surface area (Å²) >= 11 is 6.27. The maximum absolute atomic E-state index is 14.2. The molecule has 3 aromatic rings. The fourth-order valence-corrected chi connectivity index (χ4v) is 4.38. The number of anilines is 2. The lowest BCUT2D eigenvalue weighted by Gasteiger charge is -2.25. The van der Waals surface area contributed by atoms with Crippen LogP contribution >= 0.6 is 11.6 Å². The molecule has 0 saturated carbocycles. The van der Waals surface area contributed by atoms with Crippen molar-refractivity contribution in [1.29, 1.82) is 0 Å². The summed E-state index contributed by atoms with van der Waals surface area (Å²) in [4.78, 5) is 38.5. The van der Waals surface area contributed by atoms with Crippen molar-refractivity contribution in [2.45, 2.75) is 38.9 Å². The van der Waals surface area contributed by atoms with Crippen LogP contribution in [0.3, 0.4) is 0 Å². The molecular weight excluding hydrogens is 542 g/mol. The summed E-state index contributed by atoms with van der Waals surface area (Å²) in [6, 6.07) is 3.90. The lowest BCUT2D eigenvalue weighted by atomic mass is 9.80. The molecule has 2 aromatic heterocycles. The van der Waals surface area contributed by atoms with Gasteiger partial charge >= 0.3 is 6.18 Å². The Labute approximate surface area is 226 Å². The molecule has 0 spiro atoms. The molecule has 1 fully saturated rings. The van der Waals surface area contributed by atoms with E-state index < -0.39 is 34.6 Å². The van der Waals surface area contributed by atoms with Gasteiger partial charge in [0.25, 0.3) is 0 Å². The van der Waals surface area contributed by atoms with Crippen LogP contribution < -0.4 is 10.6 Å². The highest BCUT2D eigenvalue weighted by atomic mass is 35.5. The Kier molecular flexibility index (Phi) is 8.45. The Morgan fingerprint density at radius 1 is 1.15 bits per heavy atom. The lowest BCUT2D eigenvalue weighted by Crippen LogP contribution is -2.43. The first kappa shape index (κ1) is 28.4. The van der Waals surface area contributed by atoms with Gasteiger partial charge in [-0.2, -0.15) is 13.2 Å². The molecule has 1 aliphatic heterocycles. The molecule has 39 heavy (non-hydrogen) atoms. The van der Waals surface area contributed by atoms with Crippen LogP contribution in [0.1, 0.15) is 47.2 Å². The van der Waals surface area contributed by atoms with Crippen LogP contribution in [0, 0.1) is 11.2 Å². The zero-order chi connectivity index (χ0) is 28.2. The van der Waals surface area contributed by atoms with Crippen molar-refractivity contribution in [3.8, 4) is 0 Å². The molecule has 1 atom stereocenters. The fourth-order valence-electron chi connectivity index (χ4n) is 4.14. The highest BCUT2D eigenvalue weighted by molar-refractivity contribution is 6.31. The van der Waals surface area contributed by atoms with Gasteiger partial charge in [0.2, 0.25) is 5.91 Å². The molecule has 0 bridgehead atoms. The van der Waals surface area contributed by atoms with Crippen LogP contribution in [0.4, 0.5) is 28.9 Å². The predicted molar refractivity (Wildman–Crippen MR) is 134 cm³/mol. The van der Waals surface area contributed by atoms with E-state index in [4.69, 9.17) is 16.3 Å². The van der Waals surface area contributed by atoms with Gasteiger partial charge in [-0.05, 0) is 24.6 Å². The van der Waals surface area contributed by atoms with Crippen molar-refractivity contribution in [2.75, 3.05) is 18.5 Å². The summed E-state index contributed by atoms with van der Waals surface area (Å²) in [5.41, 5.74) is -2.50. The Bertz CT molecular complexity index is 1360. The zero-order valence-electron chi connectivity index (χ0n) is 20.7. The van der Waals surface area contributed by atoms with E-state index in [9.17, 15) is 27.2 Å². The average Bonchev–Trinajstić information content (AvgIpc) is 3.38. The minimum Gasteiger partial charge on any atom is -0.380 e. The summed E-state index contributed by atoms with van der Waals surface area (Å²) in [6.45, 7) is 2.13. The monoisotopic (exact) mass is 565 g/mol. The maximum Gasteiger partial charge on any atom is 0.418 e. The van der Waals surface area contributed by atoms with Gasteiger partial charge in [-0.15, -0.1) is 0 Å². The van der Waals surface area contributed by atoms with E-state index in [1.54, 1.807) is 0 Å². The van der Waals surface area contributed by atoms with E-state index in [0.717, 1.165) is 18.2 Å². The van der Waals surface area contributed by atoms with Crippen LogP contribution in [0.2, 0.25) is 5.02 Å². The van der Waals surface area contributed by atoms with Crippen molar-refractivity contribution in [2.24, 2.45) is 5.41 Å². The number of halogens is 5. The van der Waals surface area contributed by atoms with Crippen molar-refractivity contribution >= 4 is 34.7 Å². The number of Topliss-reactive ketones (excluding diaryl/α,β-unsaturated/α-hetero) is 1. The molecule has 3 heterocycles. The third kappa shape index (κ3) is 6.51. The number of benzene rings is 1. The summed E-state index contributed by atoms with van der Waals surface area (Å²) in [5, 5.41) is 5.14. The Hall–Kier alpha value is -3.64. The van der Waals surface area contributed by atoms with Crippen molar-refractivity contribution in [3.05, 3.63) is 76.3 Å². The van der Waals surface area contributed by atoms with Gasteiger partial charge in [0.05, 0.1) is 58.0 Å². The van der Waals surface area contributed by atoms with Crippen LogP contribution in [0.5, 0.6) is 0 Å². The Morgan fingerprint density at radius 3 is 2.51 bits per heavy atom. The van der Waals surface area contributed by atoms with Gasteiger partial charge in [0.15, 0.2) is 5.78 Å². The van der Waals surface area contributed by atoms with Gasteiger partial charge in [-0.1, -0.05) is 24.6 Å². The molecule has 0 unspecified atom stereocenters. The highest BCUT2D eigenvalue weighted by Crippen LogP contribution is 2.38. The minimum atomic E-state index is -4.78. The minimum absolute atomic E-state index is 0.0215. The molecule has 1 aliphatic rings. The number of para-hydroxylation sites is 1. The van der Waals surface area contributed by atoms with Gasteiger partial charge < -0.3 is 15.4 Å². The number of nitrogens with zero attached hydrogens (tertiary/aromatic N) is 3. The third-order valence-electron chi connectivity index (χ3n) is 6.35. The second-order valence-electron chi connectivity index (χ2n) is 9.04. The van der Waals surface area contributed by atoms with E-state index in [0.29, 0.717) is 30.8 Å². The first-order chi connectivity index (χ1) is 18.5. The van der Waals surface area contributed by atoms with Gasteiger partial charge in [-0.3, -0.25) is 14.6 Å². The van der Waals surface area contributed by atoms with Crippen molar-refractivity contribution in [1.82, 2.24) is 20.3 Å². The van der Waals surface area contributed by atoms with Crippen molar-refractivity contribution in [3.63, 3.8) is 0 Å². The first-order valence-electron chi connectivity index (χ1n) is 12.0. The number of pyridine rings is 1. The number of carbonyl (C=O) groups is 2. The first-order valence-corrected chi connectivity index (χ1v) is 12.4. The van der Waals surface area contributed by atoms with Crippen LogP contribution in [0.25, 0.3) is 0 Å². The molecule has 0 radical (unpaired) electrons. The number of aryl methyl sites for hydroxylation is 1. The van der Waals surface area contributed by atoms with Gasteiger partial charge in [0, 0.05) is 31.8 Å². The SMILES string of the molecule is CCc1ncc(C(=O)C[C@@]2(C(=O)NCc3ncc(Nc4c(F)cccc4C(F)(F)F)cc3Cl)CCOC2)cn1. The number of alkyl halides is 3. The standard InChI is InChI=1S/C26H24ClF4N5O3/c1-2-22-33-10-15(11-34-22)21(37)9-25(6-7-39-14-25)24(38)35-13-20-18(27)8-16(12-32-20)36-23-17(26(29,30)31)4-3-5-19(23)28/h3-5,8,10-12,36H,2,6-7,9,13-14H2,1H3,(H,35,38)/t25-/m0/s1. The number of amides is 1. The molecule has 0 aliphatic carbocycles. The molecule has 1 amide bonds. The largest absolute Gasteiger partial charge is 0.418 e. The molecule has 206 valence electrons. The van der Waals surface area contributed by atoms with E-state index >= 15 is 0 Å². The molecule has 13 heteroatoms. The van der Waals surface area contributed by atoms with E-state index in [1.165, 1.54) is 24.7 Å². The van der Waals surface area contributed by atoms with E-state index in [-0.39, 0.29) is 41.8 Å². The van der Waals surface area contributed by atoms with E-state index in [1.807, 2.05) is 6.92 Å². The fraction of sp³-hybridized carbons (Fsp3) is 0.346. The Balaban J connectivity index is 1.44. The number of nitrogens with one attached hydrogen (secondary N) is 2. The quantitative estimate of drug-likeness (QED) is 0.268. The maximum atomic E-state index is 14.2. The summed E-state index contributed by atoms with van der Waals surface area (Å²) in [5.74, 6) is -1.22. The smallest absolute Gasteiger partial charge is 0.380 e. The molecule has 2 N–H and O–H groups in total. The zero-order valence-corrected chi connectivity index (χ0v) is 21.5. The number of hydrogen-bond acceptors (Lipinski definition) is 7. The van der Waals surface area contributed by atoms with Crippen LogP contribution in [-0.4, -0.2) is 39.9 Å². The number of aromatic nitrogens is 3. The molecular formula is C26H24ClF4N5O3. The van der Waals surface area contributed by atoms with Gasteiger partial charge in [-0.25, -0.2) is 14.4 Å². The second-order valence-corrected chi connectivity index (χ2v) is 9.45. The normalized spacial score (nSPS) is 17.2. The molecule has 8 nitrogen and oxygen atoms in total. The summed E-state index contributed by atoms with van der Waals surface area (Å²) in [7, 11) is 0.